The normalized spacial score (nSPS) is 12.3. The summed E-state index contributed by atoms with van der Waals surface area (Å²) < 4.78 is 0. The van der Waals surface area contributed by atoms with Crippen LogP contribution in [0.5, 0.6) is 0 Å². The van der Waals surface area contributed by atoms with Crippen LogP contribution in [-0.2, 0) is 13.1 Å². The molecule has 0 amide bonds. The van der Waals surface area contributed by atoms with E-state index in [9.17, 15) is 0 Å². The molecule has 0 aliphatic heterocycles. The van der Waals surface area contributed by atoms with Crippen molar-refractivity contribution in [3.8, 4) is 0 Å². The smallest absolute Gasteiger partial charge is 0.0326 e. The highest BCUT2D eigenvalue weighted by Crippen LogP contribution is 2.24. The van der Waals surface area contributed by atoms with Gasteiger partial charge in [0.2, 0.25) is 0 Å². The fraction of sp³-hybridized carbons (Fsp3) is 0.200. The molecule has 3 rings (SSSR count). The monoisotopic (exact) mass is 303 g/mol. The lowest BCUT2D eigenvalue weighted by Crippen LogP contribution is -2.26. The van der Waals surface area contributed by atoms with E-state index in [1.807, 2.05) is 36.9 Å². The number of pyridine rings is 2. The van der Waals surface area contributed by atoms with Crippen molar-refractivity contribution in [3.05, 3.63) is 96.1 Å². The van der Waals surface area contributed by atoms with E-state index < -0.39 is 0 Å². The van der Waals surface area contributed by atoms with Crippen LogP contribution in [0.2, 0.25) is 0 Å². The number of nitrogens with zero attached hydrogens (tertiary/aromatic N) is 3. The fourth-order valence-electron chi connectivity index (χ4n) is 2.72. The van der Waals surface area contributed by atoms with Crippen molar-refractivity contribution < 1.29 is 0 Å². The molecule has 23 heavy (non-hydrogen) atoms. The molecule has 1 aromatic carbocycles. The van der Waals surface area contributed by atoms with Gasteiger partial charge in [-0.3, -0.25) is 14.9 Å². The van der Waals surface area contributed by atoms with Crippen molar-refractivity contribution in [3.63, 3.8) is 0 Å². The van der Waals surface area contributed by atoms with Crippen LogP contribution < -0.4 is 0 Å². The summed E-state index contributed by atoms with van der Waals surface area (Å²) >= 11 is 0. The number of rotatable bonds is 6. The highest BCUT2D eigenvalue weighted by Gasteiger charge is 2.16. The Balaban J connectivity index is 1.83. The Morgan fingerprint density at radius 3 is 1.83 bits per heavy atom. The maximum absolute atomic E-state index is 4.24. The van der Waals surface area contributed by atoms with Gasteiger partial charge >= 0.3 is 0 Å². The third kappa shape index (κ3) is 4.24. The van der Waals surface area contributed by atoms with E-state index in [4.69, 9.17) is 0 Å². The van der Waals surface area contributed by atoms with Gasteiger partial charge in [0.25, 0.3) is 0 Å². The van der Waals surface area contributed by atoms with Crippen LogP contribution in [0.15, 0.2) is 79.4 Å². The summed E-state index contributed by atoms with van der Waals surface area (Å²) in [5, 5.41) is 0. The van der Waals surface area contributed by atoms with Gasteiger partial charge in [-0.25, -0.2) is 0 Å². The summed E-state index contributed by atoms with van der Waals surface area (Å²) in [6, 6.07) is 19.2. The molecule has 0 N–H and O–H groups in total. The zero-order chi connectivity index (χ0) is 15.9. The van der Waals surface area contributed by atoms with Gasteiger partial charge in [0.05, 0.1) is 0 Å². The third-order valence-corrected chi connectivity index (χ3v) is 4.05. The molecular weight excluding hydrogens is 282 g/mol. The van der Waals surface area contributed by atoms with Crippen molar-refractivity contribution in [2.75, 3.05) is 0 Å². The first-order valence-corrected chi connectivity index (χ1v) is 7.90. The van der Waals surface area contributed by atoms with Crippen LogP contribution in [0, 0.1) is 0 Å². The molecule has 0 fully saturated rings. The zero-order valence-corrected chi connectivity index (χ0v) is 13.3. The highest BCUT2D eigenvalue weighted by molar-refractivity contribution is 5.20. The molecule has 0 aliphatic rings. The molecule has 0 aliphatic carbocycles. The molecular formula is C20H21N3. The van der Waals surface area contributed by atoms with Crippen molar-refractivity contribution >= 4 is 0 Å². The lowest BCUT2D eigenvalue weighted by atomic mass is 10.1. The Hall–Kier alpha value is -2.52. The maximum Gasteiger partial charge on any atom is 0.0326 e. The van der Waals surface area contributed by atoms with Gasteiger partial charge in [0.1, 0.15) is 0 Å². The quantitative estimate of drug-likeness (QED) is 0.682. The van der Waals surface area contributed by atoms with E-state index in [-0.39, 0.29) is 0 Å². The molecule has 0 unspecified atom stereocenters. The molecule has 0 saturated carbocycles. The van der Waals surface area contributed by atoms with Gasteiger partial charge < -0.3 is 0 Å². The van der Waals surface area contributed by atoms with Gasteiger partial charge in [-0.2, -0.15) is 0 Å². The molecule has 1 atom stereocenters. The molecule has 0 spiro atoms. The van der Waals surface area contributed by atoms with Crippen LogP contribution in [0.3, 0.4) is 0 Å². The van der Waals surface area contributed by atoms with E-state index >= 15 is 0 Å². The maximum atomic E-state index is 4.24. The number of aromatic nitrogens is 2. The van der Waals surface area contributed by atoms with Crippen molar-refractivity contribution in [2.45, 2.75) is 26.1 Å². The number of benzene rings is 1. The van der Waals surface area contributed by atoms with E-state index in [1.165, 1.54) is 16.7 Å². The van der Waals surface area contributed by atoms with Gasteiger partial charge in [-0.05, 0) is 35.7 Å². The SMILES string of the molecule is C[C@H](c1ccccc1)N(Cc1cccnc1)Cc1cccnc1. The summed E-state index contributed by atoms with van der Waals surface area (Å²) in [7, 11) is 0. The Kier molecular flexibility index (Phi) is 5.12. The molecule has 3 heteroatoms. The minimum atomic E-state index is 0.316. The molecule has 0 radical (unpaired) electrons. The highest BCUT2D eigenvalue weighted by atomic mass is 15.1. The molecule has 116 valence electrons. The topological polar surface area (TPSA) is 29.0 Å². The third-order valence-electron chi connectivity index (χ3n) is 4.05. The standard InChI is InChI=1S/C20H21N3/c1-17(20-9-3-2-4-10-20)23(15-18-7-5-11-21-13-18)16-19-8-6-12-22-14-19/h2-14,17H,15-16H2,1H3/t17-/m1/s1. The van der Waals surface area contributed by atoms with E-state index in [0.29, 0.717) is 6.04 Å². The lowest BCUT2D eigenvalue weighted by molar-refractivity contribution is 0.191. The van der Waals surface area contributed by atoms with Crippen LogP contribution in [-0.4, -0.2) is 14.9 Å². The average Bonchev–Trinajstić information content (AvgIpc) is 2.63. The van der Waals surface area contributed by atoms with Gasteiger partial charge in [0.15, 0.2) is 0 Å². The first kappa shape index (κ1) is 15.4. The first-order valence-electron chi connectivity index (χ1n) is 7.90. The fourth-order valence-corrected chi connectivity index (χ4v) is 2.72. The van der Waals surface area contributed by atoms with Crippen LogP contribution >= 0.6 is 0 Å². The van der Waals surface area contributed by atoms with Crippen LogP contribution in [0.25, 0.3) is 0 Å². The number of hydrogen-bond acceptors (Lipinski definition) is 3. The second kappa shape index (κ2) is 7.65. The second-order valence-electron chi connectivity index (χ2n) is 5.71. The summed E-state index contributed by atoms with van der Waals surface area (Å²) in [5.74, 6) is 0. The minimum Gasteiger partial charge on any atom is -0.288 e. The zero-order valence-electron chi connectivity index (χ0n) is 13.3. The molecule has 3 nitrogen and oxygen atoms in total. The van der Waals surface area contributed by atoms with E-state index in [0.717, 1.165) is 13.1 Å². The van der Waals surface area contributed by atoms with Gasteiger partial charge in [-0.15, -0.1) is 0 Å². The summed E-state index contributed by atoms with van der Waals surface area (Å²) in [6.07, 6.45) is 7.51. The molecule has 0 bridgehead atoms. The van der Waals surface area contributed by atoms with Crippen molar-refractivity contribution in [1.29, 1.82) is 0 Å². The van der Waals surface area contributed by atoms with Crippen LogP contribution in [0.4, 0.5) is 0 Å². The Morgan fingerprint density at radius 1 is 0.783 bits per heavy atom. The average molecular weight is 303 g/mol. The molecule has 3 aromatic rings. The van der Waals surface area contributed by atoms with Gasteiger partial charge in [0, 0.05) is 43.9 Å². The molecule has 2 heterocycles. The Morgan fingerprint density at radius 2 is 1.35 bits per heavy atom. The van der Waals surface area contributed by atoms with Gasteiger partial charge in [-0.1, -0.05) is 42.5 Å². The van der Waals surface area contributed by atoms with Crippen LogP contribution in [0.1, 0.15) is 29.7 Å². The van der Waals surface area contributed by atoms with E-state index in [2.05, 4.69) is 64.3 Å². The minimum absolute atomic E-state index is 0.316. The van der Waals surface area contributed by atoms with E-state index in [1.54, 1.807) is 0 Å². The summed E-state index contributed by atoms with van der Waals surface area (Å²) in [4.78, 5) is 10.9. The number of hydrogen-bond donors (Lipinski definition) is 0. The predicted octanol–water partition coefficient (Wildman–Crippen LogP) is 4.24. The second-order valence-corrected chi connectivity index (χ2v) is 5.71. The lowest BCUT2D eigenvalue weighted by Gasteiger charge is -2.29. The Bertz CT molecular complexity index is 657. The van der Waals surface area contributed by atoms with Crippen molar-refractivity contribution in [1.82, 2.24) is 14.9 Å². The Labute approximate surface area is 137 Å². The predicted molar refractivity (Wildman–Crippen MR) is 92.6 cm³/mol. The van der Waals surface area contributed by atoms with Crippen molar-refractivity contribution in [2.24, 2.45) is 0 Å². The summed E-state index contributed by atoms with van der Waals surface area (Å²) in [6.45, 7) is 3.97. The first-order chi connectivity index (χ1) is 11.3. The molecule has 0 saturated heterocycles. The largest absolute Gasteiger partial charge is 0.288 e. The summed E-state index contributed by atoms with van der Waals surface area (Å²) in [5.41, 5.74) is 3.76. The molecule has 2 aromatic heterocycles.